The van der Waals surface area contributed by atoms with Gasteiger partial charge in [0.15, 0.2) is 15.7 Å². The largest absolute Gasteiger partial charge is 0.366 e. The van der Waals surface area contributed by atoms with E-state index in [-0.39, 0.29) is 17.5 Å². The molecule has 2 aromatic rings. The van der Waals surface area contributed by atoms with Crippen molar-refractivity contribution in [3.63, 3.8) is 0 Å². The molecule has 0 aliphatic carbocycles. The summed E-state index contributed by atoms with van der Waals surface area (Å²) in [5.41, 5.74) is 1.66. The molecule has 3 rings (SSSR count). The van der Waals surface area contributed by atoms with Gasteiger partial charge in [-0.2, -0.15) is 0 Å². The highest BCUT2D eigenvalue weighted by Crippen LogP contribution is 2.20. The van der Waals surface area contributed by atoms with Crippen LogP contribution in [0.15, 0.2) is 30.6 Å². The van der Waals surface area contributed by atoms with Gasteiger partial charge in [0.25, 0.3) is 0 Å². The van der Waals surface area contributed by atoms with Gasteiger partial charge in [-0.3, -0.25) is 4.98 Å². The molecule has 1 atom stereocenters. The SMILES string of the molecule is Cc1cc(NC2CCS(=O)(=O)C2)nc(-c2cccnc2)n1. The number of aromatic nitrogens is 3. The van der Waals surface area contributed by atoms with Gasteiger partial charge in [0.1, 0.15) is 5.82 Å². The number of sulfone groups is 1. The molecular weight excluding hydrogens is 288 g/mol. The lowest BCUT2D eigenvalue weighted by Gasteiger charge is -2.13. The molecule has 110 valence electrons. The Bertz CT molecular complexity index is 747. The lowest BCUT2D eigenvalue weighted by molar-refractivity contribution is 0.602. The second-order valence-electron chi connectivity index (χ2n) is 5.20. The van der Waals surface area contributed by atoms with Crippen LogP contribution >= 0.6 is 0 Å². The Hall–Kier alpha value is -2.02. The van der Waals surface area contributed by atoms with Crippen LogP contribution in [-0.4, -0.2) is 40.9 Å². The molecule has 0 radical (unpaired) electrons. The van der Waals surface area contributed by atoms with Crippen LogP contribution in [0.3, 0.4) is 0 Å². The van der Waals surface area contributed by atoms with Crippen LogP contribution in [0, 0.1) is 6.92 Å². The summed E-state index contributed by atoms with van der Waals surface area (Å²) in [5.74, 6) is 1.65. The minimum atomic E-state index is -2.90. The van der Waals surface area contributed by atoms with Crippen LogP contribution in [-0.2, 0) is 9.84 Å². The number of anilines is 1. The lowest BCUT2D eigenvalue weighted by Crippen LogP contribution is -2.21. The molecule has 6 nitrogen and oxygen atoms in total. The topological polar surface area (TPSA) is 84.8 Å². The molecule has 0 aromatic carbocycles. The number of aryl methyl sites for hydroxylation is 1. The third-order valence-electron chi connectivity index (χ3n) is 3.36. The summed E-state index contributed by atoms with van der Waals surface area (Å²) >= 11 is 0. The third kappa shape index (κ3) is 3.36. The van der Waals surface area contributed by atoms with Crippen molar-refractivity contribution in [1.29, 1.82) is 0 Å². The Morgan fingerprint density at radius 1 is 1.33 bits per heavy atom. The van der Waals surface area contributed by atoms with Crippen molar-refractivity contribution in [3.8, 4) is 11.4 Å². The van der Waals surface area contributed by atoms with E-state index in [2.05, 4.69) is 20.3 Å². The maximum Gasteiger partial charge on any atom is 0.163 e. The first-order valence-corrected chi connectivity index (χ1v) is 8.57. The Morgan fingerprint density at radius 2 is 2.19 bits per heavy atom. The molecule has 1 aliphatic heterocycles. The van der Waals surface area contributed by atoms with Gasteiger partial charge in [0.2, 0.25) is 0 Å². The minimum Gasteiger partial charge on any atom is -0.366 e. The summed E-state index contributed by atoms with van der Waals surface area (Å²) < 4.78 is 23.0. The van der Waals surface area contributed by atoms with Gasteiger partial charge in [0, 0.05) is 35.8 Å². The number of hydrogen-bond acceptors (Lipinski definition) is 6. The average Bonchev–Trinajstić information content (AvgIpc) is 2.78. The maximum atomic E-state index is 11.5. The van der Waals surface area contributed by atoms with Crippen molar-refractivity contribution in [3.05, 3.63) is 36.3 Å². The van der Waals surface area contributed by atoms with Gasteiger partial charge in [-0.05, 0) is 25.5 Å². The van der Waals surface area contributed by atoms with Gasteiger partial charge in [-0.1, -0.05) is 0 Å². The van der Waals surface area contributed by atoms with Crippen LogP contribution in [0.1, 0.15) is 12.1 Å². The summed E-state index contributed by atoms with van der Waals surface area (Å²) in [4.78, 5) is 12.9. The van der Waals surface area contributed by atoms with Gasteiger partial charge in [0.05, 0.1) is 11.5 Å². The molecule has 7 heteroatoms. The Kier molecular flexibility index (Phi) is 3.59. The summed E-state index contributed by atoms with van der Waals surface area (Å²) in [6.45, 7) is 1.89. The van der Waals surface area contributed by atoms with E-state index < -0.39 is 9.84 Å². The van der Waals surface area contributed by atoms with Crippen molar-refractivity contribution in [2.45, 2.75) is 19.4 Å². The van der Waals surface area contributed by atoms with Crippen molar-refractivity contribution in [2.75, 3.05) is 16.8 Å². The second-order valence-corrected chi connectivity index (χ2v) is 7.43. The monoisotopic (exact) mass is 304 g/mol. The molecular formula is C14H16N4O2S. The van der Waals surface area contributed by atoms with E-state index in [1.165, 1.54) is 0 Å². The number of pyridine rings is 1. The molecule has 2 aromatic heterocycles. The molecule has 0 spiro atoms. The first-order valence-electron chi connectivity index (χ1n) is 6.75. The smallest absolute Gasteiger partial charge is 0.163 e. The second kappa shape index (κ2) is 5.40. The van der Waals surface area contributed by atoms with E-state index in [1.54, 1.807) is 12.4 Å². The highest BCUT2D eigenvalue weighted by atomic mass is 32.2. The number of hydrogen-bond donors (Lipinski definition) is 1. The van der Waals surface area contributed by atoms with Gasteiger partial charge in [-0.25, -0.2) is 18.4 Å². The Labute approximate surface area is 123 Å². The van der Waals surface area contributed by atoms with Crippen molar-refractivity contribution < 1.29 is 8.42 Å². The van der Waals surface area contributed by atoms with Crippen LogP contribution in [0.25, 0.3) is 11.4 Å². The number of nitrogens with zero attached hydrogens (tertiary/aromatic N) is 3. The molecule has 0 saturated carbocycles. The van der Waals surface area contributed by atoms with E-state index in [9.17, 15) is 8.42 Å². The summed E-state index contributed by atoms with van der Waals surface area (Å²) in [5, 5.41) is 3.20. The molecule has 3 heterocycles. The number of nitrogens with one attached hydrogen (secondary N) is 1. The average molecular weight is 304 g/mol. The fourth-order valence-corrected chi connectivity index (χ4v) is 4.06. The van der Waals surface area contributed by atoms with E-state index in [1.807, 2.05) is 25.1 Å². The summed E-state index contributed by atoms with van der Waals surface area (Å²) in [7, 11) is -2.90. The number of rotatable bonds is 3. The first-order chi connectivity index (χ1) is 10.0. The molecule has 1 unspecified atom stereocenters. The lowest BCUT2D eigenvalue weighted by atomic mass is 10.2. The minimum absolute atomic E-state index is 0.0777. The van der Waals surface area contributed by atoms with Crippen LogP contribution in [0.4, 0.5) is 5.82 Å². The molecule has 1 fully saturated rings. The zero-order valence-corrected chi connectivity index (χ0v) is 12.5. The standard InChI is InChI=1S/C14H16N4O2S/c1-10-7-13(17-12-4-6-21(19,20)9-12)18-14(16-10)11-3-2-5-15-8-11/h2-3,5,7-8,12H,4,6,9H2,1H3,(H,16,17,18). The predicted octanol–water partition coefficient (Wildman–Crippen LogP) is 1.45. The van der Waals surface area contributed by atoms with E-state index >= 15 is 0 Å². The van der Waals surface area contributed by atoms with Gasteiger partial charge < -0.3 is 5.32 Å². The molecule has 0 amide bonds. The van der Waals surface area contributed by atoms with Crippen molar-refractivity contribution in [2.24, 2.45) is 0 Å². The normalized spacial score (nSPS) is 20.3. The van der Waals surface area contributed by atoms with Crippen LogP contribution < -0.4 is 5.32 Å². The zero-order chi connectivity index (χ0) is 14.9. The highest BCUT2D eigenvalue weighted by molar-refractivity contribution is 7.91. The van der Waals surface area contributed by atoms with Crippen LogP contribution in [0.2, 0.25) is 0 Å². The van der Waals surface area contributed by atoms with Crippen molar-refractivity contribution >= 4 is 15.7 Å². The summed E-state index contributed by atoms with van der Waals surface area (Å²) in [6, 6.07) is 5.47. The quantitative estimate of drug-likeness (QED) is 0.923. The molecule has 1 saturated heterocycles. The molecule has 1 N–H and O–H groups in total. The predicted molar refractivity (Wildman–Crippen MR) is 80.7 cm³/mol. The molecule has 1 aliphatic rings. The molecule has 0 bridgehead atoms. The third-order valence-corrected chi connectivity index (χ3v) is 5.13. The summed E-state index contributed by atoms with van der Waals surface area (Å²) in [6.07, 6.45) is 4.02. The van der Waals surface area contributed by atoms with Crippen LogP contribution in [0.5, 0.6) is 0 Å². The zero-order valence-electron chi connectivity index (χ0n) is 11.7. The Morgan fingerprint density at radius 3 is 2.86 bits per heavy atom. The van der Waals surface area contributed by atoms with Crippen molar-refractivity contribution in [1.82, 2.24) is 15.0 Å². The first kappa shape index (κ1) is 13.9. The fourth-order valence-electron chi connectivity index (χ4n) is 2.38. The molecule has 21 heavy (non-hydrogen) atoms. The highest BCUT2D eigenvalue weighted by Gasteiger charge is 2.28. The van der Waals surface area contributed by atoms with Gasteiger partial charge >= 0.3 is 0 Å². The van der Waals surface area contributed by atoms with Gasteiger partial charge in [-0.15, -0.1) is 0 Å². The van der Waals surface area contributed by atoms with E-state index in [0.717, 1.165) is 11.3 Å². The Balaban J connectivity index is 1.85. The maximum absolute atomic E-state index is 11.5. The van der Waals surface area contributed by atoms with E-state index in [0.29, 0.717) is 18.1 Å². The van der Waals surface area contributed by atoms with E-state index in [4.69, 9.17) is 0 Å². The fraction of sp³-hybridized carbons (Fsp3) is 0.357.